The lowest BCUT2D eigenvalue weighted by Gasteiger charge is -2.21. The molecular formula is C22H29N3O4. The molecule has 2 aromatic carbocycles. The fourth-order valence-corrected chi connectivity index (χ4v) is 2.85. The zero-order chi connectivity index (χ0) is 21.4. The Morgan fingerprint density at radius 1 is 0.966 bits per heavy atom. The van der Waals surface area contributed by atoms with Gasteiger partial charge in [0.05, 0.1) is 19.3 Å². The number of nitrogens with two attached hydrogens (primary N) is 1. The minimum atomic E-state index is -0.506. The van der Waals surface area contributed by atoms with Crippen LogP contribution in [0, 0.1) is 0 Å². The van der Waals surface area contributed by atoms with Crippen LogP contribution in [0.5, 0.6) is 11.5 Å². The summed E-state index contributed by atoms with van der Waals surface area (Å²) < 4.78 is 11.3. The van der Waals surface area contributed by atoms with Gasteiger partial charge >= 0.3 is 0 Å². The van der Waals surface area contributed by atoms with Crippen LogP contribution in [0.2, 0.25) is 0 Å². The Hall–Kier alpha value is -3.06. The van der Waals surface area contributed by atoms with Crippen molar-refractivity contribution >= 4 is 17.5 Å². The summed E-state index contributed by atoms with van der Waals surface area (Å²) in [5.74, 6) is 0.704. The van der Waals surface area contributed by atoms with Gasteiger partial charge in [-0.1, -0.05) is 6.07 Å². The summed E-state index contributed by atoms with van der Waals surface area (Å²) in [6.07, 6.45) is 0. The minimum absolute atomic E-state index is 0.0807. The van der Waals surface area contributed by atoms with Crippen LogP contribution in [-0.4, -0.2) is 31.1 Å². The van der Waals surface area contributed by atoms with E-state index in [-0.39, 0.29) is 11.9 Å². The van der Waals surface area contributed by atoms with Crippen molar-refractivity contribution in [2.45, 2.75) is 39.8 Å². The number of hydrogen-bond donors (Lipinski definition) is 3. The maximum absolute atomic E-state index is 12.5. The van der Waals surface area contributed by atoms with Gasteiger partial charge in [-0.2, -0.15) is 0 Å². The number of anilines is 1. The number of primary amides is 1. The van der Waals surface area contributed by atoms with Crippen molar-refractivity contribution in [2.24, 2.45) is 5.73 Å². The summed E-state index contributed by atoms with van der Waals surface area (Å²) in [6, 6.07) is 11.7. The van der Waals surface area contributed by atoms with E-state index in [4.69, 9.17) is 15.2 Å². The van der Waals surface area contributed by atoms with E-state index in [1.54, 1.807) is 31.2 Å². The van der Waals surface area contributed by atoms with Gasteiger partial charge in [-0.3, -0.25) is 14.9 Å². The lowest BCUT2D eigenvalue weighted by Crippen LogP contribution is -2.39. The van der Waals surface area contributed by atoms with Gasteiger partial charge in [-0.05, 0) is 69.7 Å². The third-order valence-electron chi connectivity index (χ3n) is 4.40. The van der Waals surface area contributed by atoms with Crippen LogP contribution in [0.3, 0.4) is 0 Å². The van der Waals surface area contributed by atoms with E-state index in [1.165, 1.54) is 0 Å². The van der Waals surface area contributed by atoms with Gasteiger partial charge < -0.3 is 20.5 Å². The number of rotatable bonds is 10. The Morgan fingerprint density at radius 2 is 1.59 bits per heavy atom. The average Bonchev–Trinajstić information content (AvgIpc) is 2.69. The summed E-state index contributed by atoms with van der Waals surface area (Å²) in [7, 11) is 0. The maximum Gasteiger partial charge on any atom is 0.248 e. The molecule has 0 fully saturated rings. The molecule has 29 heavy (non-hydrogen) atoms. The summed E-state index contributed by atoms with van der Waals surface area (Å²) in [4.78, 5) is 23.6. The van der Waals surface area contributed by atoms with Gasteiger partial charge in [0.25, 0.3) is 0 Å². The first kappa shape index (κ1) is 22.2. The highest BCUT2D eigenvalue weighted by Gasteiger charge is 2.18. The first-order chi connectivity index (χ1) is 13.8. The van der Waals surface area contributed by atoms with E-state index in [1.807, 2.05) is 39.0 Å². The molecule has 7 nitrogen and oxygen atoms in total. The molecule has 2 amide bonds. The second-order valence-corrected chi connectivity index (χ2v) is 6.61. The Labute approximate surface area is 171 Å². The first-order valence-electron chi connectivity index (χ1n) is 9.72. The van der Waals surface area contributed by atoms with Crippen molar-refractivity contribution < 1.29 is 19.1 Å². The number of carbonyl (C=O) groups is 2. The second kappa shape index (κ2) is 10.5. The van der Waals surface area contributed by atoms with Crippen molar-refractivity contribution in [2.75, 3.05) is 18.5 Å². The molecule has 2 atom stereocenters. The molecule has 0 heterocycles. The Morgan fingerprint density at radius 3 is 2.17 bits per heavy atom. The molecule has 0 aromatic heterocycles. The van der Waals surface area contributed by atoms with Crippen molar-refractivity contribution in [3.05, 3.63) is 53.6 Å². The van der Waals surface area contributed by atoms with Crippen molar-refractivity contribution in [1.29, 1.82) is 0 Å². The largest absolute Gasteiger partial charge is 0.490 e. The van der Waals surface area contributed by atoms with Gasteiger partial charge in [0, 0.05) is 17.3 Å². The molecule has 0 aliphatic heterocycles. The molecule has 4 N–H and O–H groups in total. The van der Waals surface area contributed by atoms with E-state index >= 15 is 0 Å². The molecule has 2 aromatic rings. The topological polar surface area (TPSA) is 103 Å². The molecule has 0 unspecified atom stereocenters. The van der Waals surface area contributed by atoms with Crippen LogP contribution in [0.25, 0.3) is 0 Å². The van der Waals surface area contributed by atoms with Gasteiger partial charge in [0.1, 0.15) is 0 Å². The number of ether oxygens (including phenoxy) is 2. The third-order valence-corrected chi connectivity index (χ3v) is 4.40. The van der Waals surface area contributed by atoms with Crippen LogP contribution < -0.4 is 25.8 Å². The number of nitrogens with one attached hydrogen (secondary N) is 2. The fraction of sp³-hybridized carbons (Fsp3) is 0.364. The molecule has 0 aliphatic carbocycles. The van der Waals surface area contributed by atoms with E-state index in [0.717, 1.165) is 5.56 Å². The lowest BCUT2D eigenvalue weighted by atomic mass is 10.1. The lowest BCUT2D eigenvalue weighted by molar-refractivity contribution is -0.117. The summed E-state index contributed by atoms with van der Waals surface area (Å²) in [6.45, 7) is 8.73. The van der Waals surface area contributed by atoms with Crippen molar-refractivity contribution in [1.82, 2.24) is 5.32 Å². The smallest absolute Gasteiger partial charge is 0.248 e. The molecule has 2 rings (SSSR count). The predicted molar refractivity (Wildman–Crippen MR) is 113 cm³/mol. The number of hydrogen-bond acceptors (Lipinski definition) is 5. The van der Waals surface area contributed by atoms with Crippen LogP contribution in [-0.2, 0) is 4.79 Å². The molecular weight excluding hydrogens is 370 g/mol. The first-order valence-corrected chi connectivity index (χ1v) is 9.72. The Balaban J connectivity index is 2.01. The summed E-state index contributed by atoms with van der Waals surface area (Å²) in [5.41, 5.74) is 7.20. The Bertz CT molecular complexity index is 836. The minimum Gasteiger partial charge on any atom is -0.490 e. The monoisotopic (exact) mass is 399 g/mol. The molecule has 7 heteroatoms. The van der Waals surface area contributed by atoms with Crippen molar-refractivity contribution in [3.63, 3.8) is 0 Å². The summed E-state index contributed by atoms with van der Waals surface area (Å²) >= 11 is 0. The number of carbonyl (C=O) groups excluding carboxylic acids is 2. The summed E-state index contributed by atoms with van der Waals surface area (Å²) in [5, 5.41) is 6.11. The van der Waals surface area contributed by atoms with Gasteiger partial charge in [-0.25, -0.2) is 0 Å². The average molecular weight is 399 g/mol. The van der Waals surface area contributed by atoms with Gasteiger partial charge in [-0.15, -0.1) is 0 Å². The normalized spacial score (nSPS) is 12.7. The SMILES string of the molecule is CCOc1ccc([C@@H](C)N[C@H](C)C(=O)Nc2ccc(C(N)=O)cc2)cc1OCC. The third kappa shape index (κ3) is 6.22. The van der Waals surface area contributed by atoms with Gasteiger partial charge in [0.15, 0.2) is 11.5 Å². The molecule has 0 aliphatic rings. The van der Waals surface area contributed by atoms with E-state index in [0.29, 0.717) is 36.0 Å². The van der Waals surface area contributed by atoms with Crippen molar-refractivity contribution in [3.8, 4) is 11.5 Å². The van der Waals surface area contributed by atoms with Crippen LogP contribution in [0.4, 0.5) is 5.69 Å². The molecule has 156 valence electrons. The molecule has 0 spiro atoms. The van der Waals surface area contributed by atoms with E-state index in [9.17, 15) is 9.59 Å². The standard InChI is InChI=1S/C22H29N3O4/c1-5-28-19-12-9-17(13-20(19)29-6-2)14(3)24-15(4)22(27)25-18-10-7-16(8-11-18)21(23)26/h7-15,24H,5-6H2,1-4H3,(H2,23,26)(H,25,27)/t14-,15-/m1/s1. The highest BCUT2D eigenvalue weighted by molar-refractivity contribution is 5.96. The second-order valence-electron chi connectivity index (χ2n) is 6.61. The maximum atomic E-state index is 12.5. The number of amides is 2. The zero-order valence-corrected chi connectivity index (χ0v) is 17.3. The number of benzene rings is 2. The fourth-order valence-electron chi connectivity index (χ4n) is 2.85. The van der Waals surface area contributed by atoms with Crippen LogP contribution in [0.15, 0.2) is 42.5 Å². The van der Waals surface area contributed by atoms with E-state index < -0.39 is 11.9 Å². The van der Waals surface area contributed by atoms with Gasteiger partial charge in [0.2, 0.25) is 11.8 Å². The molecule has 0 bridgehead atoms. The van der Waals surface area contributed by atoms with E-state index in [2.05, 4.69) is 10.6 Å². The highest BCUT2D eigenvalue weighted by atomic mass is 16.5. The van der Waals surface area contributed by atoms with Crippen LogP contribution >= 0.6 is 0 Å². The molecule has 0 radical (unpaired) electrons. The zero-order valence-electron chi connectivity index (χ0n) is 17.3. The predicted octanol–water partition coefficient (Wildman–Crippen LogP) is 3.26. The Kier molecular flexibility index (Phi) is 8.03. The highest BCUT2D eigenvalue weighted by Crippen LogP contribution is 2.30. The van der Waals surface area contributed by atoms with Crippen LogP contribution in [0.1, 0.15) is 49.7 Å². The molecule has 0 saturated heterocycles. The molecule has 0 saturated carbocycles. The quantitative estimate of drug-likeness (QED) is 0.569.